The number of ether oxygens (including phenoxy) is 1. The van der Waals surface area contributed by atoms with Gasteiger partial charge in [0.25, 0.3) is 15.9 Å². The molecule has 7 heteroatoms. The summed E-state index contributed by atoms with van der Waals surface area (Å²) in [5.41, 5.74) is 2.01. The number of aryl methyl sites for hydroxylation is 1. The van der Waals surface area contributed by atoms with Gasteiger partial charge in [-0.2, -0.15) is 0 Å². The fourth-order valence-electron chi connectivity index (χ4n) is 3.22. The van der Waals surface area contributed by atoms with Crippen LogP contribution in [-0.4, -0.2) is 52.6 Å². The molecular weight excluding hydrogens is 376 g/mol. The van der Waals surface area contributed by atoms with Crippen molar-refractivity contribution in [3.05, 3.63) is 59.7 Å². The number of rotatable bonds is 6. The molecule has 1 atom stereocenters. The van der Waals surface area contributed by atoms with Crippen LogP contribution < -0.4 is 4.31 Å². The zero-order valence-corrected chi connectivity index (χ0v) is 17.3. The van der Waals surface area contributed by atoms with Crippen LogP contribution in [0.5, 0.6) is 0 Å². The number of nitrogens with zero attached hydrogens (tertiary/aromatic N) is 2. The van der Waals surface area contributed by atoms with E-state index in [2.05, 4.69) is 0 Å². The molecule has 6 nitrogen and oxygen atoms in total. The summed E-state index contributed by atoms with van der Waals surface area (Å²) in [7, 11) is -0.387. The number of benzene rings is 2. The van der Waals surface area contributed by atoms with Crippen molar-refractivity contribution in [3.8, 4) is 0 Å². The van der Waals surface area contributed by atoms with E-state index in [0.717, 1.165) is 25.0 Å². The highest BCUT2D eigenvalue weighted by atomic mass is 32.2. The Labute approximate surface area is 166 Å². The fraction of sp³-hybridized carbons (Fsp3) is 0.381. The third-order valence-corrected chi connectivity index (χ3v) is 6.81. The third kappa shape index (κ3) is 4.36. The number of carbonyl (C=O) groups is 1. The highest BCUT2D eigenvalue weighted by molar-refractivity contribution is 7.92. The number of amides is 1. The van der Waals surface area contributed by atoms with Crippen molar-refractivity contribution in [2.75, 3.05) is 31.6 Å². The Morgan fingerprint density at radius 2 is 1.71 bits per heavy atom. The zero-order valence-electron chi connectivity index (χ0n) is 16.5. The number of likely N-dealkylation sites (N-methyl/N-ethyl adjacent to an activating group) is 1. The molecule has 1 amide bonds. The molecule has 0 bridgehead atoms. The van der Waals surface area contributed by atoms with E-state index in [1.807, 2.05) is 6.92 Å². The average molecular weight is 403 g/mol. The summed E-state index contributed by atoms with van der Waals surface area (Å²) in [4.78, 5) is 14.5. The van der Waals surface area contributed by atoms with E-state index in [9.17, 15) is 13.2 Å². The zero-order chi connectivity index (χ0) is 20.3. The first-order chi connectivity index (χ1) is 13.3. The van der Waals surface area contributed by atoms with Crippen LogP contribution in [0, 0.1) is 6.92 Å². The third-order valence-electron chi connectivity index (χ3n) is 5.01. The van der Waals surface area contributed by atoms with Crippen LogP contribution in [0.25, 0.3) is 0 Å². The van der Waals surface area contributed by atoms with E-state index < -0.39 is 10.0 Å². The molecule has 2 aromatic rings. The Hall–Kier alpha value is -2.38. The Morgan fingerprint density at radius 3 is 2.29 bits per heavy atom. The van der Waals surface area contributed by atoms with Crippen molar-refractivity contribution in [1.82, 2.24) is 4.90 Å². The molecule has 1 saturated heterocycles. The summed E-state index contributed by atoms with van der Waals surface area (Å²) in [6.07, 6.45) is 2.10. The predicted molar refractivity (Wildman–Crippen MR) is 109 cm³/mol. The summed E-state index contributed by atoms with van der Waals surface area (Å²) in [5.74, 6) is -0.105. The molecule has 0 aromatic heterocycles. The van der Waals surface area contributed by atoms with Crippen molar-refractivity contribution in [3.63, 3.8) is 0 Å². The lowest BCUT2D eigenvalue weighted by molar-refractivity contribution is 0.0587. The molecule has 0 radical (unpaired) electrons. The summed E-state index contributed by atoms with van der Waals surface area (Å²) < 4.78 is 32.4. The summed E-state index contributed by atoms with van der Waals surface area (Å²) >= 11 is 0. The van der Waals surface area contributed by atoms with E-state index in [1.165, 1.54) is 11.4 Å². The highest BCUT2D eigenvalue weighted by Gasteiger charge is 2.23. The second-order valence-corrected chi connectivity index (χ2v) is 9.12. The minimum Gasteiger partial charge on any atom is -0.376 e. The normalized spacial score (nSPS) is 16.8. The van der Waals surface area contributed by atoms with Crippen LogP contribution in [0.3, 0.4) is 0 Å². The Bertz CT molecular complexity index is 918. The van der Waals surface area contributed by atoms with Gasteiger partial charge in [-0.25, -0.2) is 8.42 Å². The first-order valence-corrected chi connectivity index (χ1v) is 10.8. The minimum atomic E-state index is -3.65. The number of anilines is 1. The Morgan fingerprint density at radius 1 is 1.07 bits per heavy atom. The molecule has 0 N–H and O–H groups in total. The predicted octanol–water partition coefficient (Wildman–Crippen LogP) is 3.07. The number of sulfonamides is 1. The lowest BCUT2D eigenvalue weighted by Crippen LogP contribution is -2.34. The smallest absolute Gasteiger partial charge is 0.264 e. The van der Waals surface area contributed by atoms with Gasteiger partial charge in [-0.3, -0.25) is 9.10 Å². The van der Waals surface area contributed by atoms with Crippen molar-refractivity contribution in [2.45, 2.75) is 30.8 Å². The molecule has 0 aliphatic carbocycles. The molecule has 28 heavy (non-hydrogen) atoms. The first kappa shape index (κ1) is 20.4. The molecule has 150 valence electrons. The number of hydrogen-bond acceptors (Lipinski definition) is 4. The van der Waals surface area contributed by atoms with Crippen LogP contribution in [0.15, 0.2) is 53.4 Å². The van der Waals surface area contributed by atoms with Gasteiger partial charge >= 0.3 is 0 Å². The topological polar surface area (TPSA) is 66.9 Å². The fourth-order valence-corrected chi connectivity index (χ4v) is 4.41. The monoisotopic (exact) mass is 402 g/mol. The summed E-state index contributed by atoms with van der Waals surface area (Å²) in [5, 5.41) is 0. The van der Waals surface area contributed by atoms with Crippen molar-refractivity contribution >= 4 is 21.6 Å². The molecule has 1 aliphatic rings. The van der Waals surface area contributed by atoms with Gasteiger partial charge in [-0.1, -0.05) is 17.7 Å². The lowest BCUT2D eigenvalue weighted by atomic mass is 10.1. The number of carbonyl (C=O) groups excluding carboxylic acids is 1. The second-order valence-electron chi connectivity index (χ2n) is 7.15. The largest absolute Gasteiger partial charge is 0.376 e. The molecule has 1 unspecified atom stereocenters. The highest BCUT2D eigenvalue weighted by Crippen LogP contribution is 2.23. The summed E-state index contributed by atoms with van der Waals surface area (Å²) in [6.45, 7) is 3.22. The van der Waals surface area contributed by atoms with Gasteiger partial charge in [0.15, 0.2) is 0 Å². The van der Waals surface area contributed by atoms with E-state index in [1.54, 1.807) is 60.5 Å². The van der Waals surface area contributed by atoms with E-state index in [4.69, 9.17) is 4.74 Å². The number of hydrogen-bond donors (Lipinski definition) is 0. The average Bonchev–Trinajstić information content (AvgIpc) is 3.20. The molecule has 3 rings (SSSR count). The van der Waals surface area contributed by atoms with Crippen molar-refractivity contribution in [1.29, 1.82) is 0 Å². The molecule has 1 fully saturated rings. The maximum Gasteiger partial charge on any atom is 0.264 e. The van der Waals surface area contributed by atoms with E-state index in [-0.39, 0.29) is 16.9 Å². The molecular formula is C21H26N2O4S. The van der Waals surface area contributed by atoms with Gasteiger partial charge in [0.2, 0.25) is 0 Å². The standard InChI is InChI=1S/C21H26N2O4S/c1-16-6-12-20(13-7-16)28(25,26)23(3)18-10-8-17(9-11-18)21(24)22(2)15-19-5-4-14-27-19/h6-13,19H,4-5,14-15H2,1-3H3. The molecule has 1 heterocycles. The van der Waals surface area contributed by atoms with Crippen LogP contribution >= 0.6 is 0 Å². The maximum absolute atomic E-state index is 12.8. The first-order valence-electron chi connectivity index (χ1n) is 9.32. The van der Waals surface area contributed by atoms with Crippen LogP contribution in [0.2, 0.25) is 0 Å². The van der Waals surface area contributed by atoms with Crippen molar-refractivity contribution in [2.24, 2.45) is 0 Å². The Balaban J connectivity index is 1.72. The van der Waals surface area contributed by atoms with Gasteiger partial charge in [-0.05, 0) is 56.2 Å². The molecule has 2 aromatic carbocycles. The molecule has 0 saturated carbocycles. The Kier molecular flexibility index (Phi) is 6.05. The van der Waals surface area contributed by atoms with Gasteiger partial charge < -0.3 is 9.64 Å². The maximum atomic E-state index is 12.8. The van der Waals surface area contributed by atoms with Crippen LogP contribution in [0.4, 0.5) is 5.69 Å². The van der Waals surface area contributed by atoms with Crippen molar-refractivity contribution < 1.29 is 17.9 Å². The van der Waals surface area contributed by atoms with Gasteiger partial charge in [-0.15, -0.1) is 0 Å². The van der Waals surface area contributed by atoms with Gasteiger partial charge in [0.1, 0.15) is 0 Å². The second kappa shape index (κ2) is 8.32. The minimum absolute atomic E-state index is 0.0963. The van der Waals surface area contributed by atoms with E-state index in [0.29, 0.717) is 17.8 Å². The van der Waals surface area contributed by atoms with Gasteiger partial charge in [0.05, 0.1) is 16.7 Å². The quantitative estimate of drug-likeness (QED) is 0.745. The van der Waals surface area contributed by atoms with Gasteiger partial charge in [0, 0.05) is 32.8 Å². The molecule has 0 spiro atoms. The summed E-state index contributed by atoms with van der Waals surface area (Å²) in [6, 6.07) is 13.4. The van der Waals surface area contributed by atoms with Crippen LogP contribution in [-0.2, 0) is 14.8 Å². The molecule has 1 aliphatic heterocycles. The van der Waals surface area contributed by atoms with E-state index >= 15 is 0 Å². The lowest BCUT2D eigenvalue weighted by Gasteiger charge is -2.22. The SMILES string of the molecule is Cc1ccc(S(=O)(=O)N(C)c2ccc(C(=O)N(C)CC3CCCO3)cc2)cc1. The van der Waals surface area contributed by atoms with Crippen LogP contribution in [0.1, 0.15) is 28.8 Å².